The SMILES string of the molecule is C#CC(C)OC(=O)/C=C(C)/C=C/CC(C)CCCC(C)C.CC(/C=C/CC(C)CCCC(C)(C)C)=C\C(=O)OC(C)C.CC/C(=C\CC/C(C)=C/C(=O)OC)CCC1OC1(C)C.CCC(CCOc1ccc(C)cc1)CCC1OC1(C)CC.CCOC(=O)/C=C(\C)CC/C=C(\C)CCCC(C)C.COC(=O)/C=C(\C)CC/C=C(\C)CCC1OC1(C)C.COC(C)(C)CCCC(C)CCCc1ccc(C)cc1.O. The third-order valence-corrected chi connectivity index (χ3v) is 26.3. The van der Waals surface area contributed by atoms with Crippen LogP contribution in [0.4, 0.5) is 0 Å². The maximum Gasteiger partial charge on any atom is 0.332 e. The predicted molar refractivity (Wildman–Crippen MR) is 601 cm³/mol. The maximum absolute atomic E-state index is 11.5. The fourth-order valence-electron chi connectivity index (χ4n) is 15.7. The smallest absolute Gasteiger partial charge is 0.332 e. The molecular weight excluding hydrogens is 1770 g/mol. The molecule has 2 N–H and O–H groups in total. The van der Waals surface area contributed by atoms with Crippen LogP contribution in [-0.4, -0.2) is 123 Å². The first-order valence-electron chi connectivity index (χ1n) is 54.4. The van der Waals surface area contributed by atoms with Crippen molar-refractivity contribution in [1.29, 1.82) is 0 Å². The van der Waals surface area contributed by atoms with Crippen LogP contribution in [-0.2, 0) is 73.0 Å². The highest BCUT2D eigenvalue weighted by Gasteiger charge is 2.50. The van der Waals surface area contributed by atoms with Crippen LogP contribution in [0.3, 0.4) is 0 Å². The van der Waals surface area contributed by atoms with Gasteiger partial charge in [-0.15, -0.1) is 6.42 Å². The maximum atomic E-state index is 11.5. The zero-order valence-corrected chi connectivity index (χ0v) is 97.3. The highest BCUT2D eigenvalue weighted by molar-refractivity contribution is 5.84. The zero-order chi connectivity index (χ0) is 107. The van der Waals surface area contributed by atoms with Gasteiger partial charge >= 0.3 is 29.8 Å². The topological polar surface area (TPSA) is 219 Å². The Labute approximate surface area is 871 Å². The van der Waals surface area contributed by atoms with Crippen LogP contribution in [0, 0.1) is 67.1 Å². The van der Waals surface area contributed by atoms with Gasteiger partial charge in [-0.05, 0) is 356 Å². The summed E-state index contributed by atoms with van der Waals surface area (Å²) in [6.07, 6.45) is 67.2. The highest BCUT2D eigenvalue weighted by atomic mass is 16.6. The number of benzene rings is 2. The molecule has 3 saturated heterocycles. The van der Waals surface area contributed by atoms with Crippen molar-refractivity contribution in [2.75, 3.05) is 34.5 Å². The number of epoxide rings is 3. The molecule has 812 valence electrons. The highest BCUT2D eigenvalue weighted by Crippen LogP contribution is 2.44. The molecule has 16 nitrogen and oxygen atoms in total. The van der Waals surface area contributed by atoms with Crippen molar-refractivity contribution in [3.05, 3.63) is 183 Å². The Hall–Kier alpha value is -7.65. The number of allylic oxidation sites excluding steroid dienone is 15. The Balaban J connectivity index is -0.00000159. The van der Waals surface area contributed by atoms with E-state index in [1.807, 2.05) is 74.7 Å². The van der Waals surface area contributed by atoms with Gasteiger partial charge in [-0.3, -0.25) is 0 Å². The molecule has 16 heteroatoms. The lowest BCUT2D eigenvalue weighted by Gasteiger charge is -2.23. The van der Waals surface area contributed by atoms with Crippen molar-refractivity contribution in [3.63, 3.8) is 0 Å². The Morgan fingerprint density at radius 1 is 0.472 bits per heavy atom. The Kier molecular flexibility index (Phi) is 76.7. The average molecular weight is 1980 g/mol. The number of hydrogen-bond acceptors (Lipinski definition) is 15. The molecule has 9 atom stereocenters. The number of carbonyl (C=O) groups is 5. The van der Waals surface area contributed by atoms with Crippen LogP contribution in [0.25, 0.3) is 0 Å². The molecule has 3 heterocycles. The van der Waals surface area contributed by atoms with E-state index in [0.29, 0.717) is 42.2 Å². The number of aryl methyl sites for hydroxylation is 3. The van der Waals surface area contributed by atoms with Gasteiger partial charge in [0.25, 0.3) is 0 Å². The van der Waals surface area contributed by atoms with Crippen LogP contribution < -0.4 is 4.74 Å². The second-order valence-corrected chi connectivity index (χ2v) is 44.7. The van der Waals surface area contributed by atoms with E-state index in [-0.39, 0.29) is 63.8 Å². The minimum atomic E-state index is -0.480. The van der Waals surface area contributed by atoms with E-state index in [9.17, 15) is 24.0 Å². The van der Waals surface area contributed by atoms with E-state index in [1.165, 1.54) is 163 Å². The van der Waals surface area contributed by atoms with Crippen molar-refractivity contribution in [1.82, 2.24) is 0 Å². The second kappa shape index (κ2) is 78.6. The summed E-state index contributed by atoms with van der Waals surface area (Å²) in [4.78, 5) is 56.3. The van der Waals surface area contributed by atoms with E-state index >= 15 is 0 Å². The number of rotatable bonds is 59. The number of ether oxygens (including phenoxy) is 10. The molecule has 5 rings (SSSR count). The molecule has 0 spiro atoms. The number of hydrogen-bond donors (Lipinski definition) is 0. The van der Waals surface area contributed by atoms with E-state index in [1.54, 1.807) is 31.2 Å². The summed E-state index contributed by atoms with van der Waals surface area (Å²) in [5.74, 6) is 6.48. The van der Waals surface area contributed by atoms with E-state index in [4.69, 9.17) is 44.3 Å². The zero-order valence-electron chi connectivity index (χ0n) is 97.3. The molecule has 2 aromatic carbocycles. The van der Waals surface area contributed by atoms with Crippen LogP contribution in [0.15, 0.2) is 166 Å². The van der Waals surface area contributed by atoms with E-state index in [2.05, 4.69) is 260 Å². The molecule has 0 aromatic heterocycles. The minimum Gasteiger partial charge on any atom is -0.494 e. The quantitative estimate of drug-likeness (QED) is 0.0114. The van der Waals surface area contributed by atoms with Crippen LogP contribution in [0.2, 0.25) is 0 Å². The lowest BCUT2D eigenvalue weighted by Crippen LogP contribution is -2.22. The van der Waals surface area contributed by atoms with Crippen molar-refractivity contribution >= 4 is 29.8 Å². The summed E-state index contributed by atoms with van der Waals surface area (Å²) < 4.78 is 52.5. The third-order valence-electron chi connectivity index (χ3n) is 26.3. The van der Waals surface area contributed by atoms with Gasteiger partial charge in [-0.25, -0.2) is 24.0 Å². The predicted octanol–water partition coefficient (Wildman–Crippen LogP) is 33.5. The van der Waals surface area contributed by atoms with E-state index in [0.717, 1.165) is 167 Å². The Bertz CT molecular complexity index is 4090. The number of carbonyl (C=O) groups excluding carboxylic acids is 5. The standard InChI is InChI=1S/C19H30O2.C19H34O2.C19H30O2.C19H32O.C17H28O3.C17H30O2.C16H26O3.H2O/c1-5-16(9-12-18-19(4,6-2)21-18)13-14-20-17-10-7-15(3)8-11-17;1-15(2)21-18(20)14-17(4)11-8-10-16(3)12-9-13-19(5,6)7;1-7-18(6)21-19(20)14-17(5)13-9-12-16(4)11-8-10-15(2)3;1-16(9-7-15-19(3,4)20-5)8-6-10-18-13-11-17(2)12-14-18;1-6-14(10-11-15-17(3,4)20-15)9-7-8-13(2)12-16(18)19-5;1-6-19-17(18)13-16(5)12-8-11-15(4)10-7-9-14(2)3;1-12(9-10-14-16(3,4)19-14)7-6-8-13(2)11-15(17)18-5;/h7-8,10-11,16,18H,5-6,9,12-14H2,1-4H3;8,11,14-16H,9-10,12-13H2,1-7H3;1,9,13-16,18H,8,10-12H2,2-6H3;11-14,16H,6-10,15H2,1-5H3;9,12,15H,6-8,10-11H2,1-5H3;11,13-14H,6-10,12H2,1-5H3;7,11,14H,6,8-10H2,1-5H3;1H2/b;11-8+,17-14+;13-9+,17-14+;;13-12+,14-9+;15-11+,16-13+;12-7+,13-11+;. The molecule has 142 heavy (non-hydrogen) atoms. The van der Waals surface area contributed by atoms with Gasteiger partial charge in [0.2, 0.25) is 0 Å². The molecular formula is C126H212O16. The Morgan fingerprint density at radius 3 is 1.35 bits per heavy atom. The normalized spacial score (nSPS) is 17.9. The first-order valence-corrected chi connectivity index (χ1v) is 54.4. The third kappa shape index (κ3) is 79.6. The van der Waals surface area contributed by atoms with Crippen molar-refractivity contribution in [2.24, 2.45) is 40.9 Å². The van der Waals surface area contributed by atoms with E-state index < -0.39 is 6.10 Å². The van der Waals surface area contributed by atoms with Gasteiger partial charge in [-0.2, -0.15) is 0 Å². The first-order chi connectivity index (χ1) is 66.1. The molecule has 9 unspecified atom stereocenters. The fraction of sp³-hybridized carbons (Fsp3) is 0.690. The van der Waals surface area contributed by atoms with Crippen molar-refractivity contribution in [2.45, 2.75) is 493 Å². The molecule has 2 aromatic rings. The lowest BCUT2D eigenvalue weighted by molar-refractivity contribution is -0.141. The first kappa shape index (κ1) is 138. The van der Waals surface area contributed by atoms with Gasteiger partial charge in [0.15, 0.2) is 6.10 Å². The second-order valence-electron chi connectivity index (χ2n) is 44.7. The van der Waals surface area contributed by atoms with Crippen LogP contribution >= 0.6 is 0 Å². The molecule has 3 aliphatic heterocycles. The van der Waals surface area contributed by atoms with Crippen LogP contribution in [0.5, 0.6) is 5.75 Å². The van der Waals surface area contributed by atoms with Gasteiger partial charge in [0, 0.05) is 37.5 Å². The molecule has 0 amide bonds. The number of esters is 5. The summed E-state index contributed by atoms with van der Waals surface area (Å²) in [5.41, 5.74) is 14.3. The summed E-state index contributed by atoms with van der Waals surface area (Å²) >= 11 is 0. The minimum absolute atomic E-state index is 0. The number of methoxy groups -OCH3 is 3. The van der Waals surface area contributed by atoms with Crippen LogP contribution in [0.1, 0.15) is 437 Å². The fourth-order valence-corrected chi connectivity index (χ4v) is 15.7. The summed E-state index contributed by atoms with van der Waals surface area (Å²) in [5, 5.41) is 0. The largest absolute Gasteiger partial charge is 0.494 e. The van der Waals surface area contributed by atoms with Gasteiger partial charge in [0.1, 0.15) is 5.75 Å². The summed E-state index contributed by atoms with van der Waals surface area (Å²) in [6, 6.07) is 17.3. The van der Waals surface area contributed by atoms with Gasteiger partial charge in [-0.1, -0.05) is 284 Å². The summed E-state index contributed by atoms with van der Waals surface area (Å²) in [7, 11) is 4.62. The van der Waals surface area contributed by atoms with Gasteiger partial charge in [0.05, 0.1) is 74.3 Å². The monoisotopic (exact) mass is 1980 g/mol. The molecule has 3 aliphatic rings. The molecule has 0 radical (unpaired) electrons. The molecule has 0 saturated carbocycles. The number of terminal acetylenes is 1. The molecule has 0 aliphatic carbocycles. The van der Waals surface area contributed by atoms with Crippen molar-refractivity contribution in [3.8, 4) is 18.1 Å². The van der Waals surface area contributed by atoms with Crippen molar-refractivity contribution < 1.29 is 76.8 Å². The molecule has 3 fully saturated rings. The lowest BCUT2D eigenvalue weighted by atomic mass is 9.87. The Morgan fingerprint density at radius 2 is 0.915 bits per heavy atom. The summed E-state index contributed by atoms with van der Waals surface area (Å²) in [6.45, 7) is 71.5. The average Bonchev–Trinajstić information content (AvgIpc) is 1.78. The van der Waals surface area contributed by atoms with Gasteiger partial charge < -0.3 is 52.8 Å². The molecule has 0 bridgehead atoms.